The van der Waals surface area contributed by atoms with Crippen LogP contribution < -0.4 is 5.69 Å². The van der Waals surface area contributed by atoms with Crippen molar-refractivity contribution in [2.24, 2.45) is 0 Å². The molecule has 2 aromatic rings. The molecule has 8 heteroatoms. The summed E-state index contributed by atoms with van der Waals surface area (Å²) in [5, 5.41) is 0. The van der Waals surface area contributed by atoms with E-state index in [1.165, 1.54) is 9.47 Å². The van der Waals surface area contributed by atoms with Gasteiger partial charge in [0.1, 0.15) is 6.54 Å². The van der Waals surface area contributed by atoms with E-state index < -0.39 is 9.84 Å². The number of hydrogen-bond acceptors (Lipinski definition) is 4. The van der Waals surface area contributed by atoms with Crippen LogP contribution in [0.5, 0.6) is 0 Å². The van der Waals surface area contributed by atoms with E-state index >= 15 is 0 Å². The molecule has 0 saturated carbocycles. The van der Waals surface area contributed by atoms with Crippen LogP contribution >= 0.6 is 0 Å². The summed E-state index contributed by atoms with van der Waals surface area (Å²) in [6, 6.07) is 7.16. The van der Waals surface area contributed by atoms with Crippen molar-refractivity contribution < 1.29 is 13.2 Å². The number of rotatable bonds is 2. The summed E-state index contributed by atoms with van der Waals surface area (Å²) in [6.07, 6.45) is 0.441. The van der Waals surface area contributed by atoms with Crippen molar-refractivity contribution in [1.29, 1.82) is 0 Å². The van der Waals surface area contributed by atoms with Crippen molar-refractivity contribution >= 4 is 26.8 Å². The minimum absolute atomic E-state index is 0.0124. The summed E-state index contributed by atoms with van der Waals surface area (Å²) in [6.45, 7) is 0.524. The highest BCUT2D eigenvalue weighted by molar-refractivity contribution is 7.91. The molecule has 1 amide bonds. The van der Waals surface area contributed by atoms with Crippen molar-refractivity contribution in [3.8, 4) is 0 Å². The molecule has 1 aromatic heterocycles. The lowest BCUT2D eigenvalue weighted by molar-refractivity contribution is -0.131. The van der Waals surface area contributed by atoms with E-state index in [9.17, 15) is 18.0 Å². The van der Waals surface area contributed by atoms with Gasteiger partial charge in [-0.3, -0.25) is 9.36 Å². The maximum absolute atomic E-state index is 12.4. The topological polar surface area (TPSA) is 92.2 Å². The number of benzene rings is 1. The summed E-state index contributed by atoms with van der Waals surface area (Å²) in [7, 11) is -3.06. The molecule has 0 spiro atoms. The first-order chi connectivity index (χ1) is 10.5. The highest BCUT2D eigenvalue weighted by Crippen LogP contribution is 2.10. The van der Waals surface area contributed by atoms with E-state index in [4.69, 9.17) is 0 Å². The van der Waals surface area contributed by atoms with Crippen LogP contribution in [0.1, 0.15) is 6.42 Å². The van der Waals surface area contributed by atoms with Gasteiger partial charge < -0.3 is 9.88 Å². The smallest absolute Gasteiger partial charge is 0.326 e. The zero-order chi connectivity index (χ0) is 15.7. The van der Waals surface area contributed by atoms with E-state index in [1.54, 1.807) is 18.2 Å². The highest BCUT2D eigenvalue weighted by atomic mass is 32.2. The molecule has 2 heterocycles. The fraction of sp³-hybridized carbons (Fsp3) is 0.429. The van der Waals surface area contributed by atoms with Gasteiger partial charge in [-0.05, 0) is 18.6 Å². The highest BCUT2D eigenvalue weighted by Gasteiger charge is 2.23. The molecule has 1 aliphatic heterocycles. The van der Waals surface area contributed by atoms with Gasteiger partial charge >= 0.3 is 5.69 Å². The monoisotopic (exact) mass is 323 g/mol. The van der Waals surface area contributed by atoms with Gasteiger partial charge in [-0.25, -0.2) is 13.2 Å². The Morgan fingerprint density at radius 3 is 2.77 bits per heavy atom. The van der Waals surface area contributed by atoms with Crippen LogP contribution in [0.3, 0.4) is 0 Å². The van der Waals surface area contributed by atoms with E-state index in [2.05, 4.69) is 4.98 Å². The van der Waals surface area contributed by atoms with Crippen molar-refractivity contribution in [2.45, 2.75) is 13.0 Å². The second-order valence-corrected chi connectivity index (χ2v) is 7.72. The number of amides is 1. The second kappa shape index (κ2) is 5.60. The Balaban J connectivity index is 1.81. The van der Waals surface area contributed by atoms with Crippen LogP contribution in [0.25, 0.3) is 11.0 Å². The Morgan fingerprint density at radius 2 is 1.95 bits per heavy atom. The Morgan fingerprint density at radius 1 is 1.18 bits per heavy atom. The minimum atomic E-state index is -3.06. The number of para-hydroxylation sites is 2. The molecular weight excluding hydrogens is 306 g/mol. The van der Waals surface area contributed by atoms with Crippen LogP contribution in [0, 0.1) is 0 Å². The number of nitrogens with zero attached hydrogens (tertiary/aromatic N) is 2. The van der Waals surface area contributed by atoms with E-state index in [0.29, 0.717) is 24.0 Å². The van der Waals surface area contributed by atoms with Gasteiger partial charge in [-0.1, -0.05) is 12.1 Å². The molecule has 1 aromatic carbocycles. The van der Waals surface area contributed by atoms with Gasteiger partial charge in [0.05, 0.1) is 22.5 Å². The number of aromatic nitrogens is 2. The Hall–Kier alpha value is -2.09. The number of hydrogen-bond donors (Lipinski definition) is 1. The van der Waals surface area contributed by atoms with Crippen molar-refractivity contribution in [2.75, 3.05) is 24.6 Å². The molecule has 22 heavy (non-hydrogen) atoms. The summed E-state index contributed by atoms with van der Waals surface area (Å²) >= 11 is 0. The predicted octanol–water partition coefficient (Wildman–Crippen LogP) is -0.0233. The van der Waals surface area contributed by atoms with Crippen molar-refractivity contribution in [3.05, 3.63) is 34.7 Å². The van der Waals surface area contributed by atoms with E-state index in [0.717, 1.165) is 0 Å². The van der Waals surface area contributed by atoms with Gasteiger partial charge in [-0.2, -0.15) is 0 Å². The lowest BCUT2D eigenvalue weighted by Gasteiger charge is -2.19. The first-order valence-electron chi connectivity index (χ1n) is 7.12. The third kappa shape index (κ3) is 2.92. The predicted molar refractivity (Wildman–Crippen MR) is 82.4 cm³/mol. The molecule has 118 valence electrons. The van der Waals surface area contributed by atoms with Gasteiger partial charge in [0, 0.05) is 13.1 Å². The average molecular weight is 323 g/mol. The molecular formula is C14H17N3O4S. The first-order valence-corrected chi connectivity index (χ1v) is 8.94. The van der Waals surface area contributed by atoms with Crippen LogP contribution in [-0.2, 0) is 21.2 Å². The number of fused-ring (bicyclic) bond motifs is 1. The number of H-pyrrole nitrogens is 1. The van der Waals surface area contributed by atoms with Crippen LogP contribution in [0.4, 0.5) is 0 Å². The fourth-order valence-electron chi connectivity index (χ4n) is 2.69. The zero-order valence-corrected chi connectivity index (χ0v) is 12.8. The number of nitrogens with one attached hydrogen (secondary N) is 1. The largest absolute Gasteiger partial charge is 0.340 e. The van der Waals surface area contributed by atoms with Gasteiger partial charge in [-0.15, -0.1) is 0 Å². The number of imidazole rings is 1. The number of aromatic amines is 1. The maximum atomic E-state index is 12.4. The normalized spacial score (nSPS) is 18.3. The number of carbonyl (C=O) groups is 1. The number of carbonyl (C=O) groups excluding carboxylic acids is 1. The van der Waals surface area contributed by atoms with Crippen LogP contribution in [0.2, 0.25) is 0 Å². The molecule has 1 aliphatic rings. The van der Waals surface area contributed by atoms with E-state index in [1.807, 2.05) is 6.07 Å². The maximum Gasteiger partial charge on any atom is 0.326 e. The third-order valence-corrected chi connectivity index (χ3v) is 5.60. The molecule has 3 rings (SSSR count). The molecule has 0 aliphatic carbocycles. The Labute approximate surface area is 127 Å². The van der Waals surface area contributed by atoms with Crippen LogP contribution in [0.15, 0.2) is 29.1 Å². The zero-order valence-electron chi connectivity index (χ0n) is 12.0. The molecule has 7 nitrogen and oxygen atoms in total. The molecule has 1 fully saturated rings. The summed E-state index contributed by atoms with van der Waals surface area (Å²) in [5.74, 6) is -0.130. The quantitative estimate of drug-likeness (QED) is 0.840. The molecule has 0 bridgehead atoms. The molecule has 0 radical (unpaired) electrons. The molecule has 1 saturated heterocycles. The van der Waals surface area contributed by atoms with Crippen molar-refractivity contribution in [1.82, 2.24) is 14.5 Å². The lowest BCUT2D eigenvalue weighted by atomic mass is 10.3. The van der Waals surface area contributed by atoms with Crippen molar-refractivity contribution in [3.63, 3.8) is 0 Å². The summed E-state index contributed by atoms with van der Waals surface area (Å²) in [5.41, 5.74) is 1.01. The minimum Gasteiger partial charge on any atom is -0.340 e. The van der Waals surface area contributed by atoms with Crippen LogP contribution in [-0.4, -0.2) is 53.4 Å². The second-order valence-electron chi connectivity index (χ2n) is 5.42. The summed E-state index contributed by atoms with van der Waals surface area (Å²) in [4.78, 5) is 28.6. The average Bonchev–Trinajstić information content (AvgIpc) is 2.66. The third-order valence-electron chi connectivity index (χ3n) is 3.88. The van der Waals surface area contributed by atoms with Gasteiger partial charge in [0.15, 0.2) is 9.84 Å². The Kier molecular flexibility index (Phi) is 3.78. The van der Waals surface area contributed by atoms with E-state index in [-0.39, 0.29) is 36.2 Å². The lowest BCUT2D eigenvalue weighted by Crippen LogP contribution is -2.37. The first kappa shape index (κ1) is 14.8. The van der Waals surface area contributed by atoms with Gasteiger partial charge in [0.25, 0.3) is 0 Å². The molecule has 0 unspecified atom stereocenters. The van der Waals surface area contributed by atoms with Gasteiger partial charge in [0.2, 0.25) is 5.91 Å². The summed E-state index contributed by atoms with van der Waals surface area (Å²) < 4.78 is 24.6. The SMILES string of the molecule is O=C(Cn1c(=O)[nH]c2ccccc21)N1CCCS(=O)(=O)CC1. The fourth-order valence-corrected chi connectivity index (χ4v) is 3.96. The standard InChI is InChI=1S/C14H17N3O4S/c18-13(16-6-3-8-22(20,21)9-7-16)10-17-12-5-2-1-4-11(12)15-14(17)19/h1-2,4-5H,3,6-10H2,(H,15,19). The molecule has 0 atom stereocenters. The molecule has 1 N–H and O–H groups in total. The Bertz CT molecular complexity index is 866. The number of sulfone groups is 1.